The summed E-state index contributed by atoms with van der Waals surface area (Å²) in [7, 11) is 1.63. The second-order valence-corrected chi connectivity index (χ2v) is 6.69. The van der Waals surface area contributed by atoms with Crippen molar-refractivity contribution in [2.24, 2.45) is 5.73 Å². The minimum atomic E-state index is -0.503. The fraction of sp³-hybridized carbons (Fsp3) is 0.333. The number of nitrogens with zero attached hydrogens (tertiary/aromatic N) is 1. The third-order valence-corrected chi connectivity index (χ3v) is 4.80. The quantitative estimate of drug-likeness (QED) is 0.788. The maximum atomic E-state index is 12.5. The molecule has 0 atom stereocenters. The zero-order valence-corrected chi connectivity index (χ0v) is 15.5. The Hall–Kier alpha value is -3.02. The molecule has 0 saturated carbocycles. The molecule has 27 heavy (non-hydrogen) atoms. The van der Waals surface area contributed by atoms with Crippen LogP contribution in [0.2, 0.25) is 0 Å². The lowest BCUT2D eigenvalue weighted by Gasteiger charge is -2.22. The Morgan fingerprint density at radius 2 is 1.81 bits per heavy atom. The van der Waals surface area contributed by atoms with Crippen molar-refractivity contribution < 1.29 is 14.3 Å². The molecule has 1 fully saturated rings. The molecule has 6 nitrogen and oxygen atoms in total. The van der Waals surface area contributed by atoms with Gasteiger partial charge in [-0.1, -0.05) is 12.1 Å². The van der Waals surface area contributed by atoms with Gasteiger partial charge in [-0.25, -0.2) is 0 Å². The highest BCUT2D eigenvalue weighted by atomic mass is 16.5. The number of rotatable bonds is 7. The molecule has 0 bridgehead atoms. The molecule has 6 heteroatoms. The summed E-state index contributed by atoms with van der Waals surface area (Å²) in [6.07, 6.45) is 3.24. The first-order chi connectivity index (χ1) is 13.1. The van der Waals surface area contributed by atoms with Crippen molar-refractivity contribution in [3.05, 3.63) is 53.6 Å². The second-order valence-electron chi connectivity index (χ2n) is 6.69. The van der Waals surface area contributed by atoms with Crippen molar-refractivity contribution in [1.29, 1.82) is 0 Å². The number of ether oxygens (including phenoxy) is 1. The Labute approximate surface area is 159 Å². The molecular formula is C21H25N3O3. The maximum Gasteiger partial charge on any atom is 0.248 e. The molecule has 1 aliphatic heterocycles. The van der Waals surface area contributed by atoms with Gasteiger partial charge in [-0.15, -0.1) is 0 Å². The number of primary amides is 1. The van der Waals surface area contributed by atoms with E-state index in [-0.39, 0.29) is 5.91 Å². The van der Waals surface area contributed by atoms with Gasteiger partial charge in [0.25, 0.3) is 0 Å². The number of methoxy groups -OCH3 is 1. The topological polar surface area (TPSA) is 84.7 Å². The average Bonchev–Trinajstić information content (AvgIpc) is 3.21. The molecule has 2 aromatic rings. The van der Waals surface area contributed by atoms with Crippen LogP contribution in [-0.2, 0) is 11.2 Å². The summed E-state index contributed by atoms with van der Waals surface area (Å²) in [6, 6.07) is 12.9. The highest BCUT2D eigenvalue weighted by molar-refractivity contribution is 5.99. The van der Waals surface area contributed by atoms with Gasteiger partial charge in [0.2, 0.25) is 11.8 Å². The Morgan fingerprint density at radius 3 is 2.44 bits per heavy atom. The maximum absolute atomic E-state index is 12.5. The first kappa shape index (κ1) is 18.8. The van der Waals surface area contributed by atoms with Gasteiger partial charge in [0.05, 0.1) is 18.5 Å². The Bertz CT molecular complexity index is 812. The monoisotopic (exact) mass is 367 g/mol. The van der Waals surface area contributed by atoms with Crippen LogP contribution in [-0.4, -0.2) is 32.0 Å². The molecule has 3 rings (SSSR count). The number of aryl methyl sites for hydroxylation is 1. The Kier molecular flexibility index (Phi) is 5.96. The number of carbonyl (C=O) groups is 2. The summed E-state index contributed by atoms with van der Waals surface area (Å²) in [5, 5.41) is 2.96. The van der Waals surface area contributed by atoms with Crippen LogP contribution in [0, 0.1) is 0 Å². The van der Waals surface area contributed by atoms with Crippen LogP contribution in [0.1, 0.15) is 35.2 Å². The van der Waals surface area contributed by atoms with E-state index in [1.54, 1.807) is 19.2 Å². The number of hydrogen-bond acceptors (Lipinski definition) is 4. The number of anilines is 2. The molecule has 1 heterocycles. The van der Waals surface area contributed by atoms with E-state index in [2.05, 4.69) is 10.2 Å². The van der Waals surface area contributed by atoms with Crippen LogP contribution < -0.4 is 20.7 Å². The van der Waals surface area contributed by atoms with Crippen molar-refractivity contribution in [2.75, 3.05) is 30.4 Å². The van der Waals surface area contributed by atoms with E-state index in [0.29, 0.717) is 24.1 Å². The van der Waals surface area contributed by atoms with Gasteiger partial charge in [-0.2, -0.15) is 0 Å². The van der Waals surface area contributed by atoms with Crippen molar-refractivity contribution >= 4 is 23.2 Å². The molecule has 3 N–H and O–H groups in total. The third-order valence-electron chi connectivity index (χ3n) is 4.80. The van der Waals surface area contributed by atoms with E-state index in [1.807, 2.05) is 30.3 Å². The van der Waals surface area contributed by atoms with Crippen LogP contribution >= 0.6 is 0 Å². The minimum absolute atomic E-state index is 0.0899. The Morgan fingerprint density at radius 1 is 1.11 bits per heavy atom. The summed E-state index contributed by atoms with van der Waals surface area (Å²) in [5.74, 6) is 0.200. The lowest BCUT2D eigenvalue weighted by atomic mass is 10.1. The van der Waals surface area contributed by atoms with Crippen molar-refractivity contribution in [2.45, 2.75) is 25.7 Å². The molecule has 0 unspecified atom stereocenters. The second kappa shape index (κ2) is 8.58. The molecule has 0 radical (unpaired) electrons. The van der Waals surface area contributed by atoms with E-state index < -0.39 is 5.91 Å². The molecule has 2 aromatic carbocycles. The smallest absolute Gasteiger partial charge is 0.248 e. The fourth-order valence-electron chi connectivity index (χ4n) is 3.29. The van der Waals surface area contributed by atoms with E-state index in [1.165, 1.54) is 0 Å². The summed E-state index contributed by atoms with van der Waals surface area (Å²) < 4.78 is 5.14. The first-order valence-electron chi connectivity index (χ1n) is 9.18. The number of amides is 2. The Balaban J connectivity index is 1.69. The number of carbonyl (C=O) groups excluding carboxylic acids is 2. The largest absolute Gasteiger partial charge is 0.497 e. The molecule has 0 spiro atoms. The number of nitrogens with one attached hydrogen (secondary N) is 1. The normalized spacial score (nSPS) is 13.4. The first-order valence-corrected chi connectivity index (χ1v) is 9.18. The molecular weight excluding hydrogens is 342 g/mol. The average molecular weight is 367 g/mol. The number of hydrogen-bond donors (Lipinski definition) is 2. The molecule has 0 aromatic heterocycles. The third kappa shape index (κ3) is 4.78. The highest BCUT2D eigenvalue weighted by Gasteiger charge is 2.18. The van der Waals surface area contributed by atoms with E-state index in [0.717, 1.165) is 42.9 Å². The highest BCUT2D eigenvalue weighted by Crippen LogP contribution is 2.30. The van der Waals surface area contributed by atoms with E-state index in [9.17, 15) is 9.59 Å². The standard InChI is InChI=1S/C21H25N3O3/c1-27-17-8-4-15(5-9-17)6-11-20(25)23-18-14-16(21(22)26)7-10-19(18)24-12-2-3-13-24/h4-5,7-10,14H,2-3,6,11-13H2,1H3,(H2,22,26)(H,23,25). The van der Waals surface area contributed by atoms with Crippen LogP contribution in [0.5, 0.6) is 5.75 Å². The van der Waals surface area contributed by atoms with Gasteiger partial charge in [0, 0.05) is 25.1 Å². The van der Waals surface area contributed by atoms with E-state index >= 15 is 0 Å². The van der Waals surface area contributed by atoms with Crippen molar-refractivity contribution in [3.8, 4) is 5.75 Å². The van der Waals surface area contributed by atoms with Crippen LogP contribution in [0.4, 0.5) is 11.4 Å². The molecule has 142 valence electrons. The summed E-state index contributed by atoms with van der Waals surface area (Å²) in [5.41, 5.74) is 8.44. The van der Waals surface area contributed by atoms with Gasteiger partial charge >= 0.3 is 0 Å². The fourth-order valence-corrected chi connectivity index (χ4v) is 3.29. The molecule has 2 amide bonds. The van der Waals surface area contributed by atoms with Crippen molar-refractivity contribution in [1.82, 2.24) is 0 Å². The lowest BCUT2D eigenvalue weighted by Crippen LogP contribution is -2.22. The summed E-state index contributed by atoms with van der Waals surface area (Å²) in [4.78, 5) is 26.2. The van der Waals surface area contributed by atoms with Gasteiger partial charge in [-0.05, 0) is 55.2 Å². The number of benzene rings is 2. The van der Waals surface area contributed by atoms with Gasteiger partial charge in [-0.3, -0.25) is 9.59 Å². The number of nitrogens with two attached hydrogens (primary N) is 1. The lowest BCUT2D eigenvalue weighted by molar-refractivity contribution is -0.116. The SMILES string of the molecule is COc1ccc(CCC(=O)Nc2cc(C(N)=O)ccc2N2CCCC2)cc1. The summed E-state index contributed by atoms with van der Waals surface area (Å²) >= 11 is 0. The predicted molar refractivity (Wildman–Crippen MR) is 106 cm³/mol. The van der Waals surface area contributed by atoms with Gasteiger partial charge < -0.3 is 20.7 Å². The van der Waals surface area contributed by atoms with Crippen molar-refractivity contribution in [3.63, 3.8) is 0 Å². The van der Waals surface area contributed by atoms with Gasteiger partial charge in [0.1, 0.15) is 5.75 Å². The summed E-state index contributed by atoms with van der Waals surface area (Å²) in [6.45, 7) is 1.90. The predicted octanol–water partition coefficient (Wildman–Crippen LogP) is 2.97. The molecule has 1 aliphatic rings. The van der Waals surface area contributed by atoms with Crippen LogP contribution in [0.3, 0.4) is 0 Å². The van der Waals surface area contributed by atoms with Gasteiger partial charge in [0.15, 0.2) is 0 Å². The molecule has 1 saturated heterocycles. The van der Waals surface area contributed by atoms with Crippen LogP contribution in [0.15, 0.2) is 42.5 Å². The van der Waals surface area contributed by atoms with Crippen LogP contribution in [0.25, 0.3) is 0 Å². The zero-order chi connectivity index (χ0) is 19.2. The molecule has 0 aliphatic carbocycles. The zero-order valence-electron chi connectivity index (χ0n) is 15.5. The minimum Gasteiger partial charge on any atom is -0.497 e. The van der Waals surface area contributed by atoms with E-state index in [4.69, 9.17) is 10.5 Å².